The second-order valence-electron chi connectivity index (χ2n) is 3.83. The molecule has 1 atom stereocenters. The summed E-state index contributed by atoms with van der Waals surface area (Å²) in [7, 11) is 1.63. The maximum absolute atomic E-state index is 13.1. The minimum absolute atomic E-state index is 0.148. The number of pyridine rings is 1. The van der Waals surface area contributed by atoms with Crippen LogP contribution in [0.2, 0.25) is 0 Å². The summed E-state index contributed by atoms with van der Waals surface area (Å²) in [5.74, 6) is -0.576. The summed E-state index contributed by atoms with van der Waals surface area (Å²) >= 11 is 0. The number of aromatic nitrogens is 1. The Labute approximate surface area is 106 Å². The number of ether oxygens (including phenoxy) is 1. The fraction of sp³-hybridized carbons (Fsp3) is 0.500. The van der Waals surface area contributed by atoms with Gasteiger partial charge in [-0.2, -0.15) is 0 Å². The molecule has 0 saturated carbocycles. The van der Waals surface area contributed by atoms with E-state index >= 15 is 0 Å². The Balaban J connectivity index is 2.74. The number of carbonyl (C=O) groups is 1. The third kappa shape index (κ3) is 3.96. The van der Waals surface area contributed by atoms with E-state index in [1.165, 1.54) is 0 Å². The molecule has 0 spiro atoms. The van der Waals surface area contributed by atoms with Gasteiger partial charge in [0.15, 0.2) is 0 Å². The molecular weight excluding hydrogens is 237 g/mol. The van der Waals surface area contributed by atoms with E-state index in [0.717, 1.165) is 12.3 Å². The standard InChI is InChI=1S/C12H18FN3O2/c1-4-18-7-8(2)16-12(17)10-5-9(13)6-15-11(10)14-3/h5-6,8H,4,7H2,1-3H3,(H,14,15)(H,16,17). The molecular formula is C12H18FN3O2. The summed E-state index contributed by atoms with van der Waals surface area (Å²) in [6, 6.07) is 1.01. The van der Waals surface area contributed by atoms with E-state index in [4.69, 9.17) is 4.74 Å². The maximum atomic E-state index is 13.1. The predicted octanol–water partition coefficient (Wildman–Crippen LogP) is 1.42. The molecule has 2 N–H and O–H groups in total. The van der Waals surface area contributed by atoms with E-state index in [0.29, 0.717) is 19.0 Å². The van der Waals surface area contributed by atoms with Crippen molar-refractivity contribution >= 4 is 11.7 Å². The van der Waals surface area contributed by atoms with E-state index in [9.17, 15) is 9.18 Å². The number of hydrogen-bond acceptors (Lipinski definition) is 4. The summed E-state index contributed by atoms with van der Waals surface area (Å²) < 4.78 is 18.3. The number of anilines is 1. The Morgan fingerprint density at radius 2 is 2.33 bits per heavy atom. The number of halogens is 1. The quantitative estimate of drug-likeness (QED) is 0.807. The molecule has 0 aliphatic rings. The molecule has 100 valence electrons. The van der Waals surface area contributed by atoms with Crippen LogP contribution in [0.5, 0.6) is 0 Å². The van der Waals surface area contributed by atoms with Gasteiger partial charge in [0.1, 0.15) is 11.6 Å². The first kappa shape index (κ1) is 14.4. The molecule has 1 aromatic rings. The lowest BCUT2D eigenvalue weighted by atomic mass is 10.2. The molecule has 18 heavy (non-hydrogen) atoms. The van der Waals surface area contributed by atoms with Gasteiger partial charge in [-0.05, 0) is 19.9 Å². The van der Waals surface area contributed by atoms with E-state index in [1.54, 1.807) is 7.05 Å². The number of nitrogens with one attached hydrogen (secondary N) is 2. The van der Waals surface area contributed by atoms with E-state index in [-0.39, 0.29) is 17.5 Å². The number of amides is 1. The second kappa shape index (κ2) is 6.90. The Morgan fingerprint density at radius 3 is 2.94 bits per heavy atom. The van der Waals surface area contributed by atoms with Crippen LogP contribution in [0.1, 0.15) is 24.2 Å². The van der Waals surface area contributed by atoms with Crippen molar-refractivity contribution in [1.29, 1.82) is 0 Å². The van der Waals surface area contributed by atoms with Gasteiger partial charge < -0.3 is 15.4 Å². The van der Waals surface area contributed by atoms with Gasteiger partial charge in [-0.15, -0.1) is 0 Å². The average molecular weight is 255 g/mol. The lowest BCUT2D eigenvalue weighted by Crippen LogP contribution is -2.36. The van der Waals surface area contributed by atoms with Crippen molar-refractivity contribution < 1.29 is 13.9 Å². The highest BCUT2D eigenvalue weighted by Crippen LogP contribution is 2.12. The van der Waals surface area contributed by atoms with Gasteiger partial charge in [0.2, 0.25) is 0 Å². The molecule has 0 saturated heterocycles. The van der Waals surface area contributed by atoms with Gasteiger partial charge in [-0.25, -0.2) is 9.37 Å². The van der Waals surface area contributed by atoms with Crippen molar-refractivity contribution in [2.75, 3.05) is 25.6 Å². The minimum Gasteiger partial charge on any atom is -0.380 e. The number of carbonyl (C=O) groups excluding carboxylic acids is 1. The third-order valence-electron chi connectivity index (χ3n) is 2.29. The fourth-order valence-corrected chi connectivity index (χ4v) is 1.45. The molecule has 0 aromatic carbocycles. The molecule has 5 nitrogen and oxygen atoms in total. The lowest BCUT2D eigenvalue weighted by Gasteiger charge is -2.15. The van der Waals surface area contributed by atoms with Crippen molar-refractivity contribution in [3.63, 3.8) is 0 Å². The summed E-state index contributed by atoms with van der Waals surface area (Å²) in [4.78, 5) is 15.7. The number of hydrogen-bond donors (Lipinski definition) is 2. The summed E-state index contributed by atoms with van der Waals surface area (Å²) in [5.41, 5.74) is 0.181. The van der Waals surface area contributed by atoms with Crippen molar-refractivity contribution in [2.24, 2.45) is 0 Å². The molecule has 0 aliphatic heterocycles. The minimum atomic E-state index is -0.545. The van der Waals surface area contributed by atoms with Crippen LogP contribution in [0.4, 0.5) is 10.2 Å². The number of rotatable bonds is 6. The normalized spacial score (nSPS) is 12.0. The molecule has 0 bridgehead atoms. The molecule has 1 unspecified atom stereocenters. The molecule has 0 aliphatic carbocycles. The van der Waals surface area contributed by atoms with Gasteiger partial charge in [0, 0.05) is 19.7 Å². The highest BCUT2D eigenvalue weighted by molar-refractivity contribution is 5.98. The van der Waals surface area contributed by atoms with Crippen molar-refractivity contribution in [2.45, 2.75) is 19.9 Å². The maximum Gasteiger partial charge on any atom is 0.255 e. The van der Waals surface area contributed by atoms with Crippen molar-refractivity contribution in [3.8, 4) is 0 Å². The lowest BCUT2D eigenvalue weighted by molar-refractivity contribution is 0.0872. The fourth-order valence-electron chi connectivity index (χ4n) is 1.45. The van der Waals surface area contributed by atoms with Crippen LogP contribution in [-0.2, 0) is 4.74 Å². The zero-order chi connectivity index (χ0) is 13.5. The molecule has 0 fully saturated rings. The smallest absolute Gasteiger partial charge is 0.255 e. The monoisotopic (exact) mass is 255 g/mol. The highest BCUT2D eigenvalue weighted by Gasteiger charge is 2.15. The Kier molecular flexibility index (Phi) is 5.51. The molecule has 0 radical (unpaired) electrons. The molecule has 1 amide bonds. The Hall–Kier alpha value is -1.69. The first-order valence-electron chi connectivity index (χ1n) is 5.80. The van der Waals surface area contributed by atoms with Crippen LogP contribution < -0.4 is 10.6 Å². The molecule has 1 heterocycles. The highest BCUT2D eigenvalue weighted by atomic mass is 19.1. The second-order valence-corrected chi connectivity index (χ2v) is 3.83. The van der Waals surface area contributed by atoms with Crippen LogP contribution in [0.15, 0.2) is 12.3 Å². The SMILES string of the molecule is CCOCC(C)NC(=O)c1cc(F)cnc1NC. The zero-order valence-electron chi connectivity index (χ0n) is 10.8. The van der Waals surface area contributed by atoms with E-state index < -0.39 is 5.82 Å². The first-order chi connectivity index (χ1) is 8.58. The van der Waals surface area contributed by atoms with Gasteiger partial charge in [0.25, 0.3) is 5.91 Å². The Morgan fingerprint density at radius 1 is 1.61 bits per heavy atom. The summed E-state index contributed by atoms with van der Waals surface area (Å²) in [5, 5.41) is 5.47. The van der Waals surface area contributed by atoms with Gasteiger partial charge in [-0.1, -0.05) is 0 Å². The Bertz CT molecular complexity index is 412. The van der Waals surface area contributed by atoms with Crippen LogP contribution in [0, 0.1) is 5.82 Å². The van der Waals surface area contributed by atoms with E-state index in [1.807, 2.05) is 13.8 Å². The zero-order valence-corrected chi connectivity index (χ0v) is 10.8. The predicted molar refractivity (Wildman–Crippen MR) is 67.2 cm³/mol. The van der Waals surface area contributed by atoms with Gasteiger partial charge in [0.05, 0.1) is 18.4 Å². The molecule has 6 heteroatoms. The summed E-state index contributed by atoms with van der Waals surface area (Å²) in [6.45, 7) is 4.70. The molecule has 1 rings (SSSR count). The van der Waals surface area contributed by atoms with Gasteiger partial charge in [-0.3, -0.25) is 4.79 Å². The van der Waals surface area contributed by atoms with Crippen LogP contribution in [-0.4, -0.2) is 37.2 Å². The molecule has 1 aromatic heterocycles. The van der Waals surface area contributed by atoms with Gasteiger partial charge >= 0.3 is 0 Å². The van der Waals surface area contributed by atoms with Crippen LogP contribution in [0.3, 0.4) is 0 Å². The van der Waals surface area contributed by atoms with E-state index in [2.05, 4.69) is 15.6 Å². The van der Waals surface area contributed by atoms with Crippen molar-refractivity contribution in [3.05, 3.63) is 23.6 Å². The first-order valence-corrected chi connectivity index (χ1v) is 5.80. The van der Waals surface area contributed by atoms with Crippen molar-refractivity contribution in [1.82, 2.24) is 10.3 Å². The third-order valence-corrected chi connectivity index (χ3v) is 2.29. The largest absolute Gasteiger partial charge is 0.380 e. The summed E-state index contributed by atoms with van der Waals surface area (Å²) in [6.07, 6.45) is 1.06. The topological polar surface area (TPSA) is 63.2 Å². The van der Waals surface area contributed by atoms with Crippen LogP contribution in [0.25, 0.3) is 0 Å². The number of nitrogens with zero attached hydrogens (tertiary/aromatic N) is 1. The van der Waals surface area contributed by atoms with Crippen LogP contribution >= 0.6 is 0 Å². The average Bonchev–Trinajstić information content (AvgIpc) is 2.36.